The van der Waals surface area contributed by atoms with Crippen molar-refractivity contribution in [3.05, 3.63) is 59.7 Å². The highest BCUT2D eigenvalue weighted by Crippen LogP contribution is 2.24. The van der Waals surface area contributed by atoms with Crippen LogP contribution < -0.4 is 9.73 Å². The molecule has 0 bridgehead atoms. The Balaban J connectivity index is 1.88. The molecule has 28 heavy (non-hydrogen) atoms. The lowest BCUT2D eigenvalue weighted by atomic mass is 10.2. The Morgan fingerprint density at radius 1 is 0.964 bits per heavy atom. The monoisotopic (exact) mass is 399 g/mol. The summed E-state index contributed by atoms with van der Waals surface area (Å²) < 4.78 is 27.6. The second kappa shape index (κ2) is 8.56. The number of hydrazone groups is 1. The summed E-state index contributed by atoms with van der Waals surface area (Å²) in [6.45, 7) is 3.48. The van der Waals surface area contributed by atoms with Crippen molar-refractivity contribution in [1.29, 1.82) is 0 Å². The number of nitrogens with zero attached hydrogens (tertiary/aromatic N) is 2. The van der Waals surface area contributed by atoms with Crippen LogP contribution >= 0.6 is 0 Å². The van der Waals surface area contributed by atoms with E-state index >= 15 is 0 Å². The number of carbonyl (C=O) groups is 1. The molecular weight excluding hydrogens is 374 g/mol. The Hall–Kier alpha value is -2.67. The van der Waals surface area contributed by atoms with Crippen molar-refractivity contribution in [2.24, 2.45) is 5.10 Å². The summed E-state index contributed by atoms with van der Waals surface area (Å²) in [4.78, 5) is 12.6. The van der Waals surface area contributed by atoms with Crippen molar-refractivity contribution in [2.75, 3.05) is 10.8 Å². The Morgan fingerprint density at radius 3 is 2.07 bits per heavy atom. The molecule has 3 rings (SSSR count). The number of amides is 1. The number of sulfonamides is 1. The Kier molecular flexibility index (Phi) is 6.14. The maximum Gasteiger partial charge on any atom is 0.264 e. The molecule has 0 unspecified atom stereocenters. The molecule has 1 fully saturated rings. The summed E-state index contributed by atoms with van der Waals surface area (Å²) in [7, 11) is -3.89. The molecule has 6 nitrogen and oxygen atoms in total. The lowest BCUT2D eigenvalue weighted by molar-refractivity contribution is -0.119. The molecule has 0 atom stereocenters. The highest BCUT2D eigenvalue weighted by molar-refractivity contribution is 7.92. The molecule has 1 amide bonds. The molecule has 148 valence electrons. The summed E-state index contributed by atoms with van der Waals surface area (Å²) in [6.07, 6.45) is 3.91. The average Bonchev–Trinajstić information content (AvgIpc) is 3.19. The number of nitrogens with one attached hydrogen (secondary N) is 1. The van der Waals surface area contributed by atoms with E-state index in [-0.39, 0.29) is 11.4 Å². The predicted octanol–water partition coefficient (Wildman–Crippen LogP) is 3.54. The molecule has 0 saturated heterocycles. The molecule has 2 aromatic carbocycles. The standard InChI is InChI=1S/C21H25N3O3S/c1-16-7-11-19(12-8-16)24(15-21(25)23-22-18-5-3-4-6-18)28(26,27)20-13-9-17(2)10-14-20/h7-14H,3-6,15H2,1-2H3,(H,23,25). The van der Waals surface area contributed by atoms with Crippen LogP contribution in [-0.4, -0.2) is 26.6 Å². The van der Waals surface area contributed by atoms with E-state index < -0.39 is 15.9 Å². The van der Waals surface area contributed by atoms with Gasteiger partial charge in [-0.2, -0.15) is 5.10 Å². The highest BCUT2D eigenvalue weighted by atomic mass is 32.2. The summed E-state index contributed by atoms with van der Waals surface area (Å²) in [6, 6.07) is 13.7. The largest absolute Gasteiger partial charge is 0.271 e. The van der Waals surface area contributed by atoms with Crippen LogP contribution in [0.5, 0.6) is 0 Å². The van der Waals surface area contributed by atoms with Crippen LogP contribution in [0.1, 0.15) is 36.8 Å². The van der Waals surface area contributed by atoms with Crippen LogP contribution in [0.25, 0.3) is 0 Å². The Bertz CT molecular complexity index is 957. The van der Waals surface area contributed by atoms with Crippen LogP contribution in [0.2, 0.25) is 0 Å². The van der Waals surface area contributed by atoms with Gasteiger partial charge in [0.25, 0.3) is 15.9 Å². The van der Waals surface area contributed by atoms with Crippen LogP contribution in [0.4, 0.5) is 5.69 Å². The van der Waals surface area contributed by atoms with E-state index in [1.54, 1.807) is 36.4 Å². The van der Waals surface area contributed by atoms with E-state index in [2.05, 4.69) is 10.5 Å². The van der Waals surface area contributed by atoms with E-state index in [1.807, 2.05) is 26.0 Å². The van der Waals surface area contributed by atoms with Crippen molar-refractivity contribution < 1.29 is 13.2 Å². The van der Waals surface area contributed by atoms with Crippen molar-refractivity contribution in [3.8, 4) is 0 Å². The zero-order valence-electron chi connectivity index (χ0n) is 16.2. The second-order valence-electron chi connectivity index (χ2n) is 7.08. The minimum absolute atomic E-state index is 0.147. The van der Waals surface area contributed by atoms with Crippen LogP contribution in [0.3, 0.4) is 0 Å². The minimum Gasteiger partial charge on any atom is -0.271 e. The molecule has 1 N–H and O–H groups in total. The van der Waals surface area contributed by atoms with Crippen molar-refractivity contribution in [2.45, 2.75) is 44.4 Å². The van der Waals surface area contributed by atoms with Crippen molar-refractivity contribution in [3.63, 3.8) is 0 Å². The van der Waals surface area contributed by atoms with Gasteiger partial charge < -0.3 is 0 Å². The number of benzene rings is 2. The fourth-order valence-electron chi connectivity index (χ4n) is 3.07. The Morgan fingerprint density at radius 2 is 1.50 bits per heavy atom. The SMILES string of the molecule is Cc1ccc(N(CC(=O)NN=C2CCCC2)S(=O)(=O)c2ccc(C)cc2)cc1. The summed E-state index contributed by atoms with van der Waals surface area (Å²) in [5, 5.41) is 4.15. The summed E-state index contributed by atoms with van der Waals surface area (Å²) in [5.41, 5.74) is 5.88. The summed E-state index contributed by atoms with van der Waals surface area (Å²) >= 11 is 0. The van der Waals surface area contributed by atoms with Gasteiger partial charge in [-0.15, -0.1) is 0 Å². The molecule has 2 aromatic rings. The van der Waals surface area contributed by atoms with Gasteiger partial charge in [-0.1, -0.05) is 35.4 Å². The molecule has 0 aromatic heterocycles. The predicted molar refractivity (Wildman–Crippen MR) is 111 cm³/mol. The normalized spacial score (nSPS) is 14.0. The maximum atomic E-state index is 13.2. The van der Waals surface area contributed by atoms with Crippen molar-refractivity contribution in [1.82, 2.24) is 5.43 Å². The molecule has 1 aliphatic rings. The molecule has 0 heterocycles. The number of hydrogen-bond donors (Lipinski definition) is 1. The number of anilines is 1. The third kappa shape index (κ3) is 4.78. The van der Waals surface area contributed by atoms with E-state index in [1.165, 1.54) is 0 Å². The Labute approximate surface area is 166 Å². The number of aryl methyl sites for hydroxylation is 2. The zero-order valence-corrected chi connectivity index (χ0v) is 17.0. The molecule has 7 heteroatoms. The number of hydrogen-bond acceptors (Lipinski definition) is 4. The first kappa shape index (κ1) is 20.1. The van der Waals surface area contributed by atoms with Gasteiger partial charge >= 0.3 is 0 Å². The van der Waals surface area contributed by atoms with Gasteiger partial charge in [0.05, 0.1) is 10.6 Å². The smallest absolute Gasteiger partial charge is 0.264 e. The van der Waals surface area contributed by atoms with Gasteiger partial charge in [0, 0.05) is 5.71 Å². The van der Waals surface area contributed by atoms with E-state index in [0.717, 1.165) is 46.8 Å². The molecule has 1 saturated carbocycles. The number of rotatable bonds is 6. The quantitative estimate of drug-likeness (QED) is 0.755. The van der Waals surface area contributed by atoms with Gasteiger partial charge in [-0.25, -0.2) is 13.8 Å². The van der Waals surface area contributed by atoms with E-state index in [9.17, 15) is 13.2 Å². The van der Waals surface area contributed by atoms with Gasteiger partial charge in [0.15, 0.2) is 0 Å². The average molecular weight is 400 g/mol. The fourth-order valence-corrected chi connectivity index (χ4v) is 4.49. The molecule has 0 radical (unpaired) electrons. The minimum atomic E-state index is -3.89. The van der Waals surface area contributed by atoms with Gasteiger partial charge in [-0.05, 0) is 63.8 Å². The maximum absolute atomic E-state index is 13.2. The van der Waals surface area contributed by atoms with Gasteiger partial charge in [0.2, 0.25) is 0 Å². The van der Waals surface area contributed by atoms with Crippen LogP contribution in [0.15, 0.2) is 58.5 Å². The first-order valence-corrected chi connectivity index (χ1v) is 10.8. The first-order chi connectivity index (χ1) is 13.4. The first-order valence-electron chi connectivity index (χ1n) is 9.36. The second-order valence-corrected chi connectivity index (χ2v) is 8.94. The van der Waals surface area contributed by atoms with Crippen LogP contribution in [0, 0.1) is 13.8 Å². The van der Waals surface area contributed by atoms with E-state index in [0.29, 0.717) is 5.69 Å². The van der Waals surface area contributed by atoms with Gasteiger partial charge in [-0.3, -0.25) is 9.10 Å². The molecular formula is C21H25N3O3S. The van der Waals surface area contributed by atoms with Gasteiger partial charge in [0.1, 0.15) is 6.54 Å². The highest BCUT2D eigenvalue weighted by Gasteiger charge is 2.27. The molecule has 1 aliphatic carbocycles. The molecule has 0 aliphatic heterocycles. The van der Waals surface area contributed by atoms with Crippen molar-refractivity contribution >= 4 is 27.3 Å². The lowest BCUT2D eigenvalue weighted by Gasteiger charge is -2.24. The van der Waals surface area contributed by atoms with E-state index in [4.69, 9.17) is 0 Å². The third-order valence-corrected chi connectivity index (χ3v) is 6.53. The lowest BCUT2D eigenvalue weighted by Crippen LogP contribution is -2.39. The number of carbonyl (C=O) groups excluding carboxylic acids is 1. The third-order valence-electron chi connectivity index (χ3n) is 4.74. The molecule has 0 spiro atoms. The topological polar surface area (TPSA) is 78.8 Å². The summed E-state index contributed by atoms with van der Waals surface area (Å²) in [5.74, 6) is -0.462. The fraction of sp³-hybridized carbons (Fsp3) is 0.333. The van der Waals surface area contributed by atoms with Crippen LogP contribution in [-0.2, 0) is 14.8 Å². The zero-order chi connectivity index (χ0) is 20.1.